The number of rotatable bonds is 7. The molecule has 1 saturated heterocycles. The highest BCUT2D eigenvalue weighted by molar-refractivity contribution is 5.75. The number of hydrogen-bond acceptors (Lipinski definition) is 4. The zero-order valence-electron chi connectivity index (χ0n) is 14.0. The van der Waals surface area contributed by atoms with Gasteiger partial charge in [0.1, 0.15) is 5.75 Å². The molecule has 0 spiro atoms. The lowest BCUT2D eigenvalue weighted by molar-refractivity contribution is -0.119. The molecule has 0 radical (unpaired) electrons. The number of nitrogens with two attached hydrogens (primary N) is 1. The summed E-state index contributed by atoms with van der Waals surface area (Å²) in [7, 11) is 0. The molecule has 1 atom stereocenters. The lowest BCUT2D eigenvalue weighted by Crippen LogP contribution is -2.32. The van der Waals surface area contributed by atoms with Gasteiger partial charge >= 0.3 is 0 Å². The van der Waals surface area contributed by atoms with E-state index in [1.54, 1.807) is 0 Å². The lowest BCUT2D eigenvalue weighted by Gasteiger charge is -2.24. The predicted molar refractivity (Wildman–Crippen MR) is 91.5 cm³/mol. The van der Waals surface area contributed by atoms with Crippen LogP contribution in [0, 0.1) is 6.92 Å². The van der Waals surface area contributed by atoms with E-state index in [1.807, 2.05) is 29.1 Å². The first-order valence-corrected chi connectivity index (χ1v) is 8.33. The normalized spacial score (nSPS) is 18.0. The maximum Gasteiger partial charge on any atom is 0.255 e. The molecule has 0 unspecified atom stereocenters. The van der Waals surface area contributed by atoms with Crippen molar-refractivity contribution in [1.29, 1.82) is 0 Å². The summed E-state index contributed by atoms with van der Waals surface area (Å²) in [5.41, 5.74) is 7.50. The van der Waals surface area contributed by atoms with Crippen LogP contribution in [0.2, 0.25) is 0 Å². The lowest BCUT2D eigenvalue weighted by atomic mass is 10.1. The Hall–Kier alpha value is -2.34. The first-order valence-electron chi connectivity index (χ1n) is 8.33. The number of amides is 1. The first-order chi connectivity index (χ1) is 11.6. The van der Waals surface area contributed by atoms with E-state index in [1.165, 1.54) is 24.0 Å². The Bertz CT molecular complexity index is 698. The predicted octanol–water partition coefficient (Wildman–Crippen LogP) is 1.72. The second-order valence-electron chi connectivity index (χ2n) is 6.41. The summed E-state index contributed by atoms with van der Waals surface area (Å²) in [6.07, 6.45) is 6.40. The second kappa shape index (κ2) is 7.49. The van der Waals surface area contributed by atoms with Crippen molar-refractivity contribution in [3.63, 3.8) is 0 Å². The quantitative estimate of drug-likeness (QED) is 0.840. The molecule has 1 aliphatic rings. The van der Waals surface area contributed by atoms with Gasteiger partial charge in [-0.1, -0.05) is 12.1 Å². The average molecular weight is 328 g/mol. The molecule has 2 heterocycles. The number of primary amides is 1. The summed E-state index contributed by atoms with van der Waals surface area (Å²) >= 11 is 0. The third-order valence-corrected chi connectivity index (χ3v) is 4.32. The number of carbonyl (C=O) groups is 1. The van der Waals surface area contributed by atoms with E-state index in [9.17, 15) is 4.79 Å². The van der Waals surface area contributed by atoms with Gasteiger partial charge in [0.05, 0.1) is 12.7 Å². The fraction of sp³-hybridized carbons (Fsp3) is 0.444. The van der Waals surface area contributed by atoms with Crippen LogP contribution in [-0.2, 0) is 17.9 Å². The Morgan fingerprint density at radius 2 is 2.33 bits per heavy atom. The Balaban J connectivity index is 1.61. The van der Waals surface area contributed by atoms with Crippen molar-refractivity contribution in [2.75, 3.05) is 13.2 Å². The van der Waals surface area contributed by atoms with Crippen molar-refractivity contribution in [3.05, 3.63) is 47.8 Å². The number of hydrogen-bond donors (Lipinski definition) is 1. The number of nitrogens with zero attached hydrogens (tertiary/aromatic N) is 3. The second-order valence-corrected chi connectivity index (χ2v) is 6.41. The highest BCUT2D eigenvalue weighted by atomic mass is 16.5. The number of ether oxygens (including phenoxy) is 1. The molecule has 0 saturated carbocycles. The summed E-state index contributed by atoms with van der Waals surface area (Å²) in [5.74, 6) is 0.222. The molecule has 0 aliphatic carbocycles. The topological polar surface area (TPSA) is 73.4 Å². The summed E-state index contributed by atoms with van der Waals surface area (Å²) in [6.45, 7) is 4.86. The van der Waals surface area contributed by atoms with Gasteiger partial charge in [0, 0.05) is 18.8 Å². The van der Waals surface area contributed by atoms with Crippen LogP contribution >= 0.6 is 0 Å². The Morgan fingerprint density at radius 1 is 1.46 bits per heavy atom. The zero-order valence-corrected chi connectivity index (χ0v) is 14.0. The SMILES string of the molecule is Cc1cnn(C[C@@H]2CCCN2Cc2cccc(OCC(N)=O)c2)c1. The molecule has 0 bridgehead atoms. The third-order valence-electron chi connectivity index (χ3n) is 4.32. The molecular formula is C18H24N4O2. The molecule has 1 aromatic carbocycles. The van der Waals surface area contributed by atoms with E-state index in [0.717, 1.165) is 19.6 Å². The van der Waals surface area contributed by atoms with Crippen LogP contribution < -0.4 is 10.5 Å². The van der Waals surface area contributed by atoms with Gasteiger partial charge in [-0.15, -0.1) is 0 Å². The van der Waals surface area contributed by atoms with Crippen molar-refractivity contribution in [1.82, 2.24) is 14.7 Å². The number of carbonyl (C=O) groups excluding carboxylic acids is 1. The molecule has 2 aromatic rings. The van der Waals surface area contributed by atoms with Crippen LogP contribution in [-0.4, -0.2) is 39.8 Å². The van der Waals surface area contributed by atoms with E-state index >= 15 is 0 Å². The number of benzene rings is 1. The molecule has 24 heavy (non-hydrogen) atoms. The van der Waals surface area contributed by atoms with Crippen molar-refractivity contribution >= 4 is 5.91 Å². The van der Waals surface area contributed by atoms with Crippen LogP contribution in [0.3, 0.4) is 0 Å². The van der Waals surface area contributed by atoms with Gasteiger partial charge in [-0.05, 0) is 49.6 Å². The maximum absolute atomic E-state index is 10.8. The van der Waals surface area contributed by atoms with E-state index < -0.39 is 5.91 Å². The van der Waals surface area contributed by atoms with Crippen LogP contribution in [0.4, 0.5) is 0 Å². The molecule has 6 nitrogen and oxygen atoms in total. The number of aromatic nitrogens is 2. The fourth-order valence-corrected chi connectivity index (χ4v) is 3.22. The van der Waals surface area contributed by atoms with Gasteiger partial charge in [0.15, 0.2) is 6.61 Å². The fourth-order valence-electron chi connectivity index (χ4n) is 3.22. The molecular weight excluding hydrogens is 304 g/mol. The number of likely N-dealkylation sites (tertiary alicyclic amines) is 1. The van der Waals surface area contributed by atoms with Crippen LogP contribution in [0.15, 0.2) is 36.7 Å². The van der Waals surface area contributed by atoms with Crippen molar-refractivity contribution < 1.29 is 9.53 Å². The largest absolute Gasteiger partial charge is 0.484 e. The minimum atomic E-state index is -0.463. The van der Waals surface area contributed by atoms with E-state index in [4.69, 9.17) is 10.5 Å². The standard InChI is InChI=1S/C18H24N4O2/c1-14-9-20-22(10-14)12-16-5-3-7-21(16)11-15-4-2-6-17(8-15)24-13-18(19)23/h2,4,6,8-10,16H,3,5,7,11-13H2,1H3,(H2,19,23)/t16-/m0/s1. The highest BCUT2D eigenvalue weighted by Gasteiger charge is 2.25. The van der Waals surface area contributed by atoms with Gasteiger partial charge in [0.25, 0.3) is 5.91 Å². The summed E-state index contributed by atoms with van der Waals surface area (Å²) in [6, 6.07) is 8.37. The minimum Gasteiger partial charge on any atom is -0.484 e. The van der Waals surface area contributed by atoms with Crippen LogP contribution in [0.25, 0.3) is 0 Å². The van der Waals surface area contributed by atoms with E-state index in [2.05, 4.69) is 29.2 Å². The van der Waals surface area contributed by atoms with Gasteiger partial charge in [-0.3, -0.25) is 14.4 Å². The van der Waals surface area contributed by atoms with Crippen LogP contribution in [0.5, 0.6) is 5.75 Å². The monoisotopic (exact) mass is 328 g/mol. The Kier molecular flexibility index (Phi) is 5.15. The van der Waals surface area contributed by atoms with Crippen LogP contribution in [0.1, 0.15) is 24.0 Å². The smallest absolute Gasteiger partial charge is 0.255 e. The average Bonchev–Trinajstić information content (AvgIpc) is 3.15. The van der Waals surface area contributed by atoms with Crippen molar-refractivity contribution in [3.8, 4) is 5.75 Å². The van der Waals surface area contributed by atoms with Gasteiger partial charge in [0.2, 0.25) is 0 Å². The highest BCUT2D eigenvalue weighted by Crippen LogP contribution is 2.23. The summed E-state index contributed by atoms with van der Waals surface area (Å²) in [5, 5.41) is 4.40. The van der Waals surface area contributed by atoms with E-state index in [0.29, 0.717) is 11.8 Å². The molecule has 6 heteroatoms. The summed E-state index contributed by atoms with van der Waals surface area (Å²) < 4.78 is 7.42. The maximum atomic E-state index is 10.8. The molecule has 128 valence electrons. The first kappa shape index (κ1) is 16.5. The molecule has 1 fully saturated rings. The van der Waals surface area contributed by atoms with Gasteiger partial charge in [-0.2, -0.15) is 5.10 Å². The van der Waals surface area contributed by atoms with Crippen molar-refractivity contribution in [2.24, 2.45) is 5.73 Å². The molecule has 3 rings (SSSR count). The molecule has 1 aliphatic heterocycles. The van der Waals surface area contributed by atoms with E-state index in [-0.39, 0.29) is 6.61 Å². The van der Waals surface area contributed by atoms with Crippen molar-refractivity contribution in [2.45, 2.75) is 38.9 Å². The molecule has 1 amide bonds. The summed E-state index contributed by atoms with van der Waals surface area (Å²) in [4.78, 5) is 13.3. The Labute approximate surface area is 142 Å². The minimum absolute atomic E-state index is 0.0888. The molecule has 1 aromatic heterocycles. The van der Waals surface area contributed by atoms with Gasteiger partial charge in [-0.25, -0.2) is 0 Å². The zero-order chi connectivity index (χ0) is 16.9. The number of aryl methyl sites for hydroxylation is 1. The van der Waals surface area contributed by atoms with Gasteiger partial charge < -0.3 is 10.5 Å². The third kappa shape index (κ3) is 4.35. The molecule has 2 N–H and O–H groups in total. The Morgan fingerprint density at radius 3 is 3.08 bits per heavy atom.